The van der Waals surface area contributed by atoms with Crippen LogP contribution >= 0.6 is 0 Å². The van der Waals surface area contributed by atoms with E-state index in [2.05, 4.69) is 5.32 Å². The number of carbonyl (C=O) groups is 4. The molecule has 0 fully saturated rings. The van der Waals surface area contributed by atoms with Gasteiger partial charge in [-0.15, -0.1) is 0 Å². The fourth-order valence-corrected chi connectivity index (χ4v) is 2.23. The van der Waals surface area contributed by atoms with Gasteiger partial charge in [0.15, 0.2) is 0 Å². The van der Waals surface area contributed by atoms with Crippen molar-refractivity contribution < 1.29 is 39.6 Å². The van der Waals surface area contributed by atoms with Crippen LogP contribution in [0, 0.1) is 0 Å². The third-order valence-electron chi connectivity index (χ3n) is 3.06. The summed E-state index contributed by atoms with van der Waals surface area (Å²) in [5.41, 5.74) is 3.58. The monoisotopic (exact) mass is 335 g/mol. The second-order valence-corrected chi connectivity index (χ2v) is 4.97. The molecule has 0 aromatic carbocycles. The van der Waals surface area contributed by atoms with Crippen molar-refractivity contribution in [2.24, 2.45) is 5.73 Å². The molecule has 0 aromatic rings. The van der Waals surface area contributed by atoms with Crippen molar-refractivity contribution >= 4 is 23.9 Å². The first-order chi connectivity index (χ1) is 10.6. The van der Waals surface area contributed by atoms with Crippen LogP contribution in [0.1, 0.15) is 12.8 Å². The standard InChI is InChI=1S/C12H21N3O8/c13-1-2-14-7-12(3-8(16)17,4-9(18)19)15(5-10(20)21)6-11(22)23/h14H,1-7,13H2,(H,16,17)(H,18,19)(H,20,21)(H,22,23). The maximum atomic E-state index is 11.1. The highest BCUT2D eigenvalue weighted by Crippen LogP contribution is 2.24. The van der Waals surface area contributed by atoms with Gasteiger partial charge in [-0.2, -0.15) is 0 Å². The van der Waals surface area contributed by atoms with Crippen LogP contribution in [0.4, 0.5) is 0 Å². The van der Waals surface area contributed by atoms with Crippen LogP contribution in [-0.2, 0) is 19.2 Å². The topological polar surface area (TPSA) is 190 Å². The lowest BCUT2D eigenvalue weighted by atomic mass is 9.88. The molecule has 0 heterocycles. The summed E-state index contributed by atoms with van der Waals surface area (Å²) >= 11 is 0. The van der Waals surface area contributed by atoms with Gasteiger partial charge in [-0.25, -0.2) is 0 Å². The summed E-state index contributed by atoms with van der Waals surface area (Å²) in [6.07, 6.45) is -1.48. The lowest BCUT2D eigenvalue weighted by Gasteiger charge is -2.41. The number of carboxylic acid groups (broad SMARTS) is 4. The summed E-state index contributed by atoms with van der Waals surface area (Å²) in [5.74, 6) is -5.54. The highest BCUT2D eigenvalue weighted by Gasteiger charge is 2.42. The molecule has 0 radical (unpaired) electrons. The lowest BCUT2D eigenvalue weighted by molar-refractivity contribution is -0.154. The van der Waals surface area contributed by atoms with Crippen LogP contribution in [0.3, 0.4) is 0 Å². The van der Waals surface area contributed by atoms with Gasteiger partial charge in [0.1, 0.15) is 0 Å². The van der Waals surface area contributed by atoms with Crippen LogP contribution in [0.25, 0.3) is 0 Å². The van der Waals surface area contributed by atoms with Gasteiger partial charge in [-0.1, -0.05) is 0 Å². The number of hydrogen-bond acceptors (Lipinski definition) is 7. The van der Waals surface area contributed by atoms with Crippen LogP contribution in [-0.4, -0.2) is 87.5 Å². The zero-order valence-electron chi connectivity index (χ0n) is 12.4. The molecule has 23 heavy (non-hydrogen) atoms. The van der Waals surface area contributed by atoms with Crippen molar-refractivity contribution in [2.75, 3.05) is 32.7 Å². The second kappa shape index (κ2) is 9.71. The van der Waals surface area contributed by atoms with Crippen molar-refractivity contribution in [1.29, 1.82) is 0 Å². The highest BCUT2D eigenvalue weighted by molar-refractivity contribution is 5.76. The Balaban J connectivity index is 5.70. The fourth-order valence-electron chi connectivity index (χ4n) is 2.23. The molecule has 0 aliphatic carbocycles. The average molecular weight is 335 g/mol. The van der Waals surface area contributed by atoms with Gasteiger partial charge in [0.05, 0.1) is 31.5 Å². The van der Waals surface area contributed by atoms with E-state index in [9.17, 15) is 19.2 Å². The van der Waals surface area contributed by atoms with E-state index in [1.54, 1.807) is 0 Å². The van der Waals surface area contributed by atoms with E-state index in [1.165, 1.54) is 0 Å². The summed E-state index contributed by atoms with van der Waals surface area (Å²) < 4.78 is 0. The predicted octanol–water partition coefficient (Wildman–Crippen LogP) is -2.31. The highest BCUT2D eigenvalue weighted by atomic mass is 16.4. The minimum Gasteiger partial charge on any atom is -0.481 e. The van der Waals surface area contributed by atoms with E-state index < -0.39 is 55.3 Å². The van der Waals surface area contributed by atoms with Gasteiger partial charge in [0.2, 0.25) is 0 Å². The number of nitrogens with one attached hydrogen (secondary N) is 1. The van der Waals surface area contributed by atoms with E-state index in [0.29, 0.717) is 0 Å². The molecular formula is C12H21N3O8. The van der Waals surface area contributed by atoms with E-state index in [1.807, 2.05) is 0 Å². The first-order valence-electron chi connectivity index (χ1n) is 6.66. The van der Waals surface area contributed by atoms with E-state index in [-0.39, 0.29) is 19.6 Å². The summed E-state index contributed by atoms with van der Waals surface area (Å²) in [6.45, 7) is -1.43. The van der Waals surface area contributed by atoms with Crippen molar-refractivity contribution in [3.8, 4) is 0 Å². The minimum absolute atomic E-state index is 0.189. The number of nitrogens with zero attached hydrogens (tertiary/aromatic N) is 1. The molecule has 0 atom stereocenters. The largest absolute Gasteiger partial charge is 0.481 e. The predicted molar refractivity (Wildman–Crippen MR) is 76.0 cm³/mol. The van der Waals surface area contributed by atoms with Crippen molar-refractivity contribution in [3.63, 3.8) is 0 Å². The zero-order valence-corrected chi connectivity index (χ0v) is 12.4. The van der Waals surface area contributed by atoms with E-state index in [4.69, 9.17) is 26.2 Å². The number of aliphatic carboxylic acids is 4. The van der Waals surface area contributed by atoms with Gasteiger partial charge >= 0.3 is 23.9 Å². The number of hydrogen-bond donors (Lipinski definition) is 6. The molecule has 0 saturated carbocycles. The third-order valence-corrected chi connectivity index (χ3v) is 3.06. The Morgan fingerprint density at radius 2 is 1.30 bits per heavy atom. The molecule has 0 amide bonds. The molecule has 0 aliphatic heterocycles. The Kier molecular flexibility index (Phi) is 8.77. The van der Waals surface area contributed by atoms with Crippen LogP contribution < -0.4 is 11.1 Å². The van der Waals surface area contributed by atoms with Crippen molar-refractivity contribution in [1.82, 2.24) is 10.2 Å². The normalized spacial score (nSPS) is 11.4. The summed E-state index contributed by atoms with van der Waals surface area (Å²) in [5, 5.41) is 38.7. The summed E-state index contributed by atoms with van der Waals surface area (Å²) in [7, 11) is 0. The van der Waals surface area contributed by atoms with Gasteiger partial charge < -0.3 is 31.5 Å². The van der Waals surface area contributed by atoms with Crippen LogP contribution in [0.5, 0.6) is 0 Å². The number of rotatable bonds is 13. The molecule has 0 saturated heterocycles. The molecule has 0 bridgehead atoms. The van der Waals surface area contributed by atoms with Crippen molar-refractivity contribution in [2.45, 2.75) is 18.4 Å². The van der Waals surface area contributed by atoms with Crippen molar-refractivity contribution in [3.05, 3.63) is 0 Å². The zero-order chi connectivity index (χ0) is 18.0. The maximum Gasteiger partial charge on any atom is 0.317 e. The average Bonchev–Trinajstić information content (AvgIpc) is 2.35. The Morgan fingerprint density at radius 1 is 0.870 bits per heavy atom. The van der Waals surface area contributed by atoms with Gasteiger partial charge in [-0.3, -0.25) is 24.1 Å². The Morgan fingerprint density at radius 3 is 1.61 bits per heavy atom. The number of carboxylic acids is 4. The molecule has 11 nitrogen and oxygen atoms in total. The smallest absolute Gasteiger partial charge is 0.317 e. The SMILES string of the molecule is NCCNCC(CC(=O)O)(CC(=O)O)N(CC(=O)O)CC(=O)O. The Bertz CT molecular complexity index is 422. The molecular weight excluding hydrogens is 314 g/mol. The van der Waals surface area contributed by atoms with Gasteiger partial charge in [0, 0.05) is 19.6 Å². The van der Waals surface area contributed by atoms with Crippen LogP contribution in [0.15, 0.2) is 0 Å². The molecule has 0 unspecified atom stereocenters. The Hall–Kier alpha value is -2.24. The Labute approximate surface area is 131 Å². The second-order valence-electron chi connectivity index (χ2n) is 4.97. The molecule has 0 aromatic heterocycles. The maximum absolute atomic E-state index is 11.1. The first kappa shape index (κ1) is 20.8. The van der Waals surface area contributed by atoms with E-state index in [0.717, 1.165) is 4.90 Å². The lowest BCUT2D eigenvalue weighted by Crippen LogP contribution is -2.60. The third kappa shape index (κ3) is 8.09. The van der Waals surface area contributed by atoms with E-state index >= 15 is 0 Å². The minimum atomic E-state index is -1.72. The van der Waals surface area contributed by atoms with Gasteiger partial charge in [0.25, 0.3) is 0 Å². The van der Waals surface area contributed by atoms with Crippen LogP contribution in [0.2, 0.25) is 0 Å². The summed E-state index contributed by atoms with van der Waals surface area (Å²) in [6, 6.07) is 0. The van der Waals surface area contributed by atoms with Gasteiger partial charge in [-0.05, 0) is 0 Å². The summed E-state index contributed by atoms with van der Waals surface area (Å²) in [4.78, 5) is 45.1. The quantitative estimate of drug-likeness (QED) is 0.198. The molecule has 11 heteroatoms. The molecule has 0 rings (SSSR count). The molecule has 0 aliphatic rings. The number of nitrogens with two attached hydrogens (primary N) is 1. The fraction of sp³-hybridized carbons (Fsp3) is 0.667. The molecule has 132 valence electrons. The first-order valence-corrected chi connectivity index (χ1v) is 6.66. The molecule has 0 spiro atoms. The molecule has 7 N–H and O–H groups in total.